The summed E-state index contributed by atoms with van der Waals surface area (Å²) in [5.74, 6) is 0. The summed E-state index contributed by atoms with van der Waals surface area (Å²) in [7, 11) is 0. The van der Waals surface area contributed by atoms with E-state index in [4.69, 9.17) is 0 Å². The third-order valence-corrected chi connectivity index (χ3v) is 3.15. The van der Waals surface area contributed by atoms with Crippen LogP contribution in [0.1, 0.15) is 24.5 Å². The fourth-order valence-corrected chi connectivity index (χ4v) is 2.21. The van der Waals surface area contributed by atoms with Gasteiger partial charge in [0.15, 0.2) is 0 Å². The van der Waals surface area contributed by atoms with E-state index >= 15 is 0 Å². The summed E-state index contributed by atoms with van der Waals surface area (Å²) in [5.41, 5.74) is 4.15. The molecule has 2 heteroatoms. The van der Waals surface area contributed by atoms with Gasteiger partial charge in [-0.2, -0.15) is 0 Å². The maximum atomic E-state index is 3.67. The van der Waals surface area contributed by atoms with E-state index < -0.39 is 0 Å². The van der Waals surface area contributed by atoms with Gasteiger partial charge in [0.1, 0.15) is 0 Å². The van der Waals surface area contributed by atoms with Gasteiger partial charge in [0, 0.05) is 18.3 Å². The zero-order valence-corrected chi connectivity index (χ0v) is 9.64. The van der Waals surface area contributed by atoms with Gasteiger partial charge in [-0.3, -0.25) is 0 Å². The normalized spacial score (nSPS) is 20.5. The van der Waals surface area contributed by atoms with E-state index in [1.807, 2.05) is 0 Å². The topological polar surface area (TPSA) is 24.1 Å². The highest BCUT2D eigenvalue weighted by Crippen LogP contribution is 2.22. The van der Waals surface area contributed by atoms with Crippen LogP contribution in [0.25, 0.3) is 0 Å². The quantitative estimate of drug-likeness (QED) is 0.789. The van der Waals surface area contributed by atoms with Gasteiger partial charge in [-0.25, -0.2) is 0 Å². The van der Waals surface area contributed by atoms with E-state index in [0.29, 0.717) is 6.04 Å². The SMILES string of the molecule is CCc1cccc(C)c1NC1CCNC1. The van der Waals surface area contributed by atoms with Crippen LogP contribution in [0.5, 0.6) is 0 Å². The molecule has 1 aromatic carbocycles. The lowest BCUT2D eigenvalue weighted by Gasteiger charge is -2.18. The van der Waals surface area contributed by atoms with Crippen LogP contribution >= 0.6 is 0 Å². The molecule has 2 nitrogen and oxygen atoms in total. The molecule has 2 N–H and O–H groups in total. The van der Waals surface area contributed by atoms with Crippen LogP contribution in [-0.2, 0) is 6.42 Å². The minimum absolute atomic E-state index is 0.608. The van der Waals surface area contributed by atoms with Gasteiger partial charge in [0.25, 0.3) is 0 Å². The van der Waals surface area contributed by atoms with E-state index in [1.165, 1.54) is 23.2 Å². The van der Waals surface area contributed by atoms with Gasteiger partial charge >= 0.3 is 0 Å². The van der Waals surface area contributed by atoms with Gasteiger partial charge in [0.05, 0.1) is 0 Å². The predicted molar refractivity (Wildman–Crippen MR) is 65.5 cm³/mol. The van der Waals surface area contributed by atoms with E-state index in [0.717, 1.165) is 19.5 Å². The Labute approximate surface area is 92.1 Å². The van der Waals surface area contributed by atoms with Crippen molar-refractivity contribution in [1.82, 2.24) is 5.32 Å². The van der Waals surface area contributed by atoms with E-state index in [1.54, 1.807) is 0 Å². The summed E-state index contributed by atoms with van der Waals surface area (Å²) < 4.78 is 0. The van der Waals surface area contributed by atoms with E-state index in [2.05, 4.69) is 42.7 Å². The maximum Gasteiger partial charge on any atom is 0.0404 e. The third kappa shape index (κ3) is 2.32. The number of nitrogens with one attached hydrogen (secondary N) is 2. The average Bonchev–Trinajstić information content (AvgIpc) is 2.74. The summed E-state index contributed by atoms with van der Waals surface area (Å²) in [5, 5.41) is 7.05. The number of anilines is 1. The Bertz CT molecular complexity index is 327. The summed E-state index contributed by atoms with van der Waals surface area (Å²) >= 11 is 0. The van der Waals surface area contributed by atoms with Crippen LogP contribution in [0.4, 0.5) is 5.69 Å². The second-order valence-corrected chi connectivity index (χ2v) is 4.30. The molecule has 0 spiro atoms. The largest absolute Gasteiger partial charge is 0.381 e. The summed E-state index contributed by atoms with van der Waals surface area (Å²) in [6, 6.07) is 7.16. The fraction of sp³-hybridized carbons (Fsp3) is 0.538. The highest BCUT2D eigenvalue weighted by Gasteiger charge is 2.15. The highest BCUT2D eigenvalue weighted by atomic mass is 15.0. The number of hydrogen-bond acceptors (Lipinski definition) is 2. The number of aryl methyl sites for hydroxylation is 2. The molecule has 1 aromatic rings. The van der Waals surface area contributed by atoms with Crippen LogP contribution in [0.2, 0.25) is 0 Å². The van der Waals surface area contributed by atoms with Crippen molar-refractivity contribution >= 4 is 5.69 Å². The van der Waals surface area contributed by atoms with E-state index in [-0.39, 0.29) is 0 Å². The van der Waals surface area contributed by atoms with Gasteiger partial charge in [0.2, 0.25) is 0 Å². The van der Waals surface area contributed by atoms with Crippen LogP contribution < -0.4 is 10.6 Å². The van der Waals surface area contributed by atoms with Gasteiger partial charge < -0.3 is 10.6 Å². The lowest BCUT2D eigenvalue weighted by molar-refractivity contribution is 0.790. The van der Waals surface area contributed by atoms with Crippen LogP contribution in [-0.4, -0.2) is 19.1 Å². The van der Waals surface area contributed by atoms with Gasteiger partial charge in [-0.05, 0) is 37.4 Å². The standard InChI is InChI=1S/C13H20N2/c1-3-11-6-4-5-10(2)13(11)15-12-7-8-14-9-12/h4-6,12,14-15H,3,7-9H2,1-2H3. The Balaban J connectivity index is 2.17. The lowest BCUT2D eigenvalue weighted by Crippen LogP contribution is -2.23. The van der Waals surface area contributed by atoms with Crippen molar-refractivity contribution in [3.05, 3.63) is 29.3 Å². The van der Waals surface area contributed by atoms with Crippen LogP contribution in [0.3, 0.4) is 0 Å². The molecule has 0 aromatic heterocycles. The molecule has 82 valence electrons. The summed E-state index contributed by atoms with van der Waals surface area (Å²) in [4.78, 5) is 0. The second kappa shape index (κ2) is 4.67. The number of para-hydroxylation sites is 1. The minimum atomic E-state index is 0.608. The molecule has 1 heterocycles. The monoisotopic (exact) mass is 204 g/mol. The smallest absolute Gasteiger partial charge is 0.0404 e. The Kier molecular flexibility index (Phi) is 3.27. The van der Waals surface area contributed by atoms with Crippen molar-refractivity contribution in [1.29, 1.82) is 0 Å². The molecule has 0 aliphatic carbocycles. The molecular weight excluding hydrogens is 184 g/mol. The molecule has 0 bridgehead atoms. The molecule has 1 fully saturated rings. The zero-order chi connectivity index (χ0) is 10.7. The molecular formula is C13H20N2. The highest BCUT2D eigenvalue weighted by molar-refractivity contribution is 5.58. The van der Waals surface area contributed by atoms with Crippen molar-refractivity contribution in [3.63, 3.8) is 0 Å². The summed E-state index contributed by atoms with van der Waals surface area (Å²) in [6.45, 7) is 6.64. The van der Waals surface area contributed by atoms with Crippen molar-refractivity contribution in [3.8, 4) is 0 Å². The average molecular weight is 204 g/mol. The summed E-state index contributed by atoms with van der Waals surface area (Å²) in [6.07, 6.45) is 2.33. The first kappa shape index (κ1) is 10.5. The molecule has 0 radical (unpaired) electrons. The molecule has 1 unspecified atom stereocenters. The molecule has 0 amide bonds. The Morgan fingerprint density at radius 3 is 3.00 bits per heavy atom. The van der Waals surface area contributed by atoms with E-state index in [9.17, 15) is 0 Å². The molecule has 1 aliphatic heterocycles. The molecule has 1 aliphatic rings. The van der Waals surface area contributed by atoms with Crippen molar-refractivity contribution in [2.45, 2.75) is 32.7 Å². The van der Waals surface area contributed by atoms with Gasteiger partial charge in [-0.15, -0.1) is 0 Å². The maximum absolute atomic E-state index is 3.67. The number of benzene rings is 1. The predicted octanol–water partition coefficient (Wildman–Crippen LogP) is 2.33. The zero-order valence-electron chi connectivity index (χ0n) is 9.64. The molecule has 0 saturated carbocycles. The molecule has 1 saturated heterocycles. The van der Waals surface area contributed by atoms with Crippen molar-refractivity contribution < 1.29 is 0 Å². The minimum Gasteiger partial charge on any atom is -0.381 e. The Morgan fingerprint density at radius 1 is 1.47 bits per heavy atom. The first-order valence-corrected chi connectivity index (χ1v) is 5.87. The molecule has 15 heavy (non-hydrogen) atoms. The van der Waals surface area contributed by atoms with Crippen molar-refractivity contribution in [2.24, 2.45) is 0 Å². The molecule has 1 atom stereocenters. The lowest BCUT2D eigenvalue weighted by atomic mass is 10.0. The van der Waals surface area contributed by atoms with Gasteiger partial charge in [-0.1, -0.05) is 25.1 Å². The number of rotatable bonds is 3. The van der Waals surface area contributed by atoms with Crippen molar-refractivity contribution in [2.75, 3.05) is 18.4 Å². The number of hydrogen-bond donors (Lipinski definition) is 2. The molecule has 2 rings (SSSR count). The third-order valence-electron chi connectivity index (χ3n) is 3.15. The first-order chi connectivity index (χ1) is 7.31. The Hall–Kier alpha value is -1.02. The second-order valence-electron chi connectivity index (χ2n) is 4.30. The van der Waals surface area contributed by atoms with Crippen LogP contribution in [0, 0.1) is 6.92 Å². The fourth-order valence-electron chi connectivity index (χ4n) is 2.21. The van der Waals surface area contributed by atoms with Crippen LogP contribution in [0.15, 0.2) is 18.2 Å². The Morgan fingerprint density at radius 2 is 2.33 bits per heavy atom. The first-order valence-electron chi connectivity index (χ1n) is 5.87.